The molecule has 0 aromatic heterocycles. The molecule has 1 saturated heterocycles. The number of amides is 1. The first-order chi connectivity index (χ1) is 8.99. The second-order valence-electron chi connectivity index (χ2n) is 5.10. The van der Waals surface area contributed by atoms with Gasteiger partial charge in [0.2, 0.25) is 5.91 Å². The second-order valence-corrected chi connectivity index (χ2v) is 5.10. The molecule has 1 aliphatic rings. The quantitative estimate of drug-likeness (QED) is 0.913. The first-order valence-electron chi connectivity index (χ1n) is 6.51. The van der Waals surface area contributed by atoms with Gasteiger partial charge < -0.3 is 10.2 Å². The molecule has 5 heteroatoms. The van der Waals surface area contributed by atoms with E-state index in [1.807, 2.05) is 13.8 Å². The van der Waals surface area contributed by atoms with Crippen LogP contribution in [0.15, 0.2) is 18.2 Å². The maximum Gasteiger partial charge on any atom is 0.244 e. The van der Waals surface area contributed by atoms with E-state index in [1.165, 1.54) is 11.0 Å². The Bertz CT molecular complexity index is 477. The van der Waals surface area contributed by atoms with E-state index in [4.69, 9.17) is 0 Å². The van der Waals surface area contributed by atoms with Gasteiger partial charge in [0.1, 0.15) is 0 Å². The lowest BCUT2D eigenvalue weighted by atomic mass is 10.0. The fourth-order valence-electron chi connectivity index (χ4n) is 2.34. The van der Waals surface area contributed by atoms with Crippen molar-refractivity contribution in [2.24, 2.45) is 0 Å². The fraction of sp³-hybridized carbons (Fsp3) is 0.500. The number of benzene rings is 1. The van der Waals surface area contributed by atoms with Gasteiger partial charge in [0, 0.05) is 24.3 Å². The minimum atomic E-state index is -0.927. The number of rotatable bonds is 3. The number of carbonyl (C=O) groups is 1. The zero-order valence-corrected chi connectivity index (χ0v) is 11.1. The number of nitrogens with one attached hydrogen (secondary N) is 1. The van der Waals surface area contributed by atoms with Crippen LogP contribution in [0.5, 0.6) is 0 Å². The number of hydrogen-bond acceptors (Lipinski definition) is 2. The Morgan fingerprint density at radius 2 is 2.05 bits per heavy atom. The van der Waals surface area contributed by atoms with E-state index >= 15 is 0 Å². The standard InChI is InChI=1S/C14H18F2N2O/c1-9(2)17-13-4-3-7-18(14(13)19)10-5-6-11(15)12(16)8-10/h5-6,8-9,13,17H,3-4,7H2,1-2H3. The molecule has 1 aromatic rings. The van der Waals surface area contributed by atoms with Crippen molar-refractivity contribution < 1.29 is 13.6 Å². The summed E-state index contributed by atoms with van der Waals surface area (Å²) in [5, 5.41) is 3.20. The Morgan fingerprint density at radius 1 is 1.32 bits per heavy atom. The molecule has 1 aliphatic heterocycles. The lowest BCUT2D eigenvalue weighted by Crippen LogP contribution is -2.52. The SMILES string of the molecule is CC(C)NC1CCCN(c2ccc(F)c(F)c2)C1=O. The predicted octanol–water partition coefficient (Wildman–Crippen LogP) is 2.46. The highest BCUT2D eigenvalue weighted by molar-refractivity contribution is 5.97. The molecule has 0 aliphatic carbocycles. The van der Waals surface area contributed by atoms with E-state index in [0.29, 0.717) is 12.2 Å². The zero-order chi connectivity index (χ0) is 14.0. The minimum absolute atomic E-state index is 0.0778. The predicted molar refractivity (Wildman–Crippen MR) is 70.0 cm³/mol. The monoisotopic (exact) mass is 268 g/mol. The van der Waals surface area contributed by atoms with Gasteiger partial charge in [0.15, 0.2) is 11.6 Å². The van der Waals surface area contributed by atoms with Crippen molar-refractivity contribution >= 4 is 11.6 Å². The average Bonchev–Trinajstić information content (AvgIpc) is 2.35. The van der Waals surface area contributed by atoms with Crippen molar-refractivity contribution in [3.8, 4) is 0 Å². The molecule has 0 radical (unpaired) electrons. The van der Waals surface area contributed by atoms with Crippen LogP contribution in [0.1, 0.15) is 26.7 Å². The summed E-state index contributed by atoms with van der Waals surface area (Å²) in [4.78, 5) is 13.8. The Kier molecular flexibility index (Phi) is 4.14. The highest BCUT2D eigenvalue weighted by Gasteiger charge is 2.30. The Labute approximate surface area is 111 Å². The summed E-state index contributed by atoms with van der Waals surface area (Å²) in [5.41, 5.74) is 0.416. The van der Waals surface area contributed by atoms with Gasteiger partial charge in [-0.3, -0.25) is 4.79 Å². The van der Waals surface area contributed by atoms with Crippen LogP contribution in [-0.4, -0.2) is 24.5 Å². The highest BCUT2D eigenvalue weighted by Crippen LogP contribution is 2.23. The topological polar surface area (TPSA) is 32.3 Å². The molecule has 1 N–H and O–H groups in total. The number of carbonyl (C=O) groups excluding carboxylic acids is 1. The maximum atomic E-state index is 13.2. The van der Waals surface area contributed by atoms with Crippen molar-refractivity contribution in [3.63, 3.8) is 0 Å². The van der Waals surface area contributed by atoms with Crippen molar-refractivity contribution in [3.05, 3.63) is 29.8 Å². The van der Waals surface area contributed by atoms with E-state index < -0.39 is 11.6 Å². The molecule has 2 rings (SSSR count). The first-order valence-corrected chi connectivity index (χ1v) is 6.51. The Morgan fingerprint density at radius 3 is 2.68 bits per heavy atom. The summed E-state index contributed by atoms with van der Waals surface area (Å²) >= 11 is 0. The molecule has 1 aromatic carbocycles. The zero-order valence-electron chi connectivity index (χ0n) is 11.1. The third kappa shape index (κ3) is 3.10. The van der Waals surface area contributed by atoms with Gasteiger partial charge in [-0.25, -0.2) is 8.78 Å². The summed E-state index contributed by atoms with van der Waals surface area (Å²) in [6.45, 7) is 4.49. The largest absolute Gasteiger partial charge is 0.311 e. The van der Waals surface area contributed by atoms with Gasteiger partial charge >= 0.3 is 0 Å². The van der Waals surface area contributed by atoms with Crippen LogP contribution in [0.4, 0.5) is 14.5 Å². The fourth-order valence-corrected chi connectivity index (χ4v) is 2.34. The summed E-state index contributed by atoms with van der Waals surface area (Å²) in [6, 6.07) is 3.52. The molecular formula is C14H18F2N2O. The highest BCUT2D eigenvalue weighted by atomic mass is 19.2. The summed E-state index contributed by atoms with van der Waals surface area (Å²) in [5.74, 6) is -1.90. The third-order valence-electron chi connectivity index (χ3n) is 3.19. The van der Waals surface area contributed by atoms with Crippen LogP contribution in [0.3, 0.4) is 0 Å². The van der Waals surface area contributed by atoms with Crippen molar-refractivity contribution in [1.29, 1.82) is 0 Å². The molecule has 1 heterocycles. The molecule has 1 amide bonds. The lowest BCUT2D eigenvalue weighted by Gasteiger charge is -2.33. The van der Waals surface area contributed by atoms with E-state index in [0.717, 1.165) is 25.0 Å². The van der Waals surface area contributed by atoms with Crippen LogP contribution in [0.2, 0.25) is 0 Å². The number of piperidine rings is 1. The van der Waals surface area contributed by atoms with E-state index in [2.05, 4.69) is 5.32 Å². The molecule has 1 unspecified atom stereocenters. The molecule has 0 saturated carbocycles. The summed E-state index contributed by atoms with van der Waals surface area (Å²) in [6.07, 6.45) is 1.62. The minimum Gasteiger partial charge on any atom is -0.311 e. The molecular weight excluding hydrogens is 250 g/mol. The Balaban J connectivity index is 2.19. The molecule has 104 valence electrons. The van der Waals surface area contributed by atoms with Crippen LogP contribution in [0.25, 0.3) is 0 Å². The summed E-state index contributed by atoms with van der Waals surface area (Å²) in [7, 11) is 0. The third-order valence-corrected chi connectivity index (χ3v) is 3.19. The van der Waals surface area contributed by atoms with Crippen LogP contribution in [0, 0.1) is 11.6 Å². The van der Waals surface area contributed by atoms with Crippen LogP contribution < -0.4 is 10.2 Å². The molecule has 0 bridgehead atoms. The number of nitrogens with zero attached hydrogens (tertiary/aromatic N) is 1. The van der Waals surface area contributed by atoms with Gasteiger partial charge in [0.05, 0.1) is 6.04 Å². The molecule has 1 fully saturated rings. The van der Waals surface area contributed by atoms with Gasteiger partial charge in [-0.2, -0.15) is 0 Å². The average molecular weight is 268 g/mol. The van der Waals surface area contributed by atoms with Gasteiger partial charge in [-0.1, -0.05) is 13.8 Å². The number of hydrogen-bond donors (Lipinski definition) is 1. The molecule has 1 atom stereocenters. The van der Waals surface area contributed by atoms with E-state index in [1.54, 1.807) is 0 Å². The van der Waals surface area contributed by atoms with Crippen LogP contribution in [-0.2, 0) is 4.79 Å². The molecule has 0 spiro atoms. The van der Waals surface area contributed by atoms with E-state index in [-0.39, 0.29) is 18.0 Å². The maximum absolute atomic E-state index is 13.2. The second kappa shape index (κ2) is 5.65. The Hall–Kier alpha value is -1.49. The lowest BCUT2D eigenvalue weighted by molar-refractivity contribution is -0.121. The van der Waals surface area contributed by atoms with Crippen molar-refractivity contribution in [2.45, 2.75) is 38.8 Å². The normalized spacial score (nSPS) is 20.2. The van der Waals surface area contributed by atoms with Crippen molar-refractivity contribution in [2.75, 3.05) is 11.4 Å². The van der Waals surface area contributed by atoms with Crippen LogP contribution >= 0.6 is 0 Å². The summed E-state index contributed by atoms with van der Waals surface area (Å²) < 4.78 is 26.2. The van der Waals surface area contributed by atoms with Gasteiger partial charge in [-0.15, -0.1) is 0 Å². The number of halogens is 2. The number of anilines is 1. The van der Waals surface area contributed by atoms with Crippen molar-refractivity contribution in [1.82, 2.24) is 5.32 Å². The van der Waals surface area contributed by atoms with Gasteiger partial charge in [-0.05, 0) is 25.0 Å². The first kappa shape index (κ1) is 13.9. The van der Waals surface area contributed by atoms with Gasteiger partial charge in [0.25, 0.3) is 0 Å². The molecule has 3 nitrogen and oxygen atoms in total. The molecule has 19 heavy (non-hydrogen) atoms. The smallest absolute Gasteiger partial charge is 0.244 e. The van der Waals surface area contributed by atoms with E-state index in [9.17, 15) is 13.6 Å².